The van der Waals surface area contributed by atoms with Crippen molar-refractivity contribution in [3.8, 4) is 0 Å². The molecule has 1 rings (SSSR count). The smallest absolute Gasteiger partial charge is 0.184 e. The second-order valence-corrected chi connectivity index (χ2v) is 2.96. The second kappa shape index (κ2) is 4.74. The molecule has 1 aromatic rings. The molecule has 3 nitrogen and oxygen atoms in total. The van der Waals surface area contributed by atoms with E-state index in [1.165, 1.54) is 0 Å². The predicted octanol–water partition coefficient (Wildman–Crippen LogP) is 1.27. The van der Waals surface area contributed by atoms with Gasteiger partial charge in [-0.2, -0.15) is 5.10 Å². The molecule has 0 aliphatic carbocycles. The van der Waals surface area contributed by atoms with Crippen molar-refractivity contribution in [2.75, 3.05) is 0 Å². The summed E-state index contributed by atoms with van der Waals surface area (Å²) in [5.41, 5.74) is 6.97. The average molecular weight is 233 g/mol. The molecule has 80 valence electrons. The monoisotopic (exact) mass is 233 g/mol. The largest absolute Gasteiger partial charge is 0.375 e. The van der Waals surface area contributed by atoms with Gasteiger partial charge in [-0.3, -0.25) is 5.43 Å². The molecule has 0 fully saturated rings. The maximum Gasteiger partial charge on any atom is 0.184 e. The Hall–Kier alpha value is -1.63. The van der Waals surface area contributed by atoms with Crippen molar-refractivity contribution in [3.05, 3.63) is 35.1 Å². The summed E-state index contributed by atoms with van der Waals surface area (Å²) in [6.07, 6.45) is 0.941. The summed E-state index contributed by atoms with van der Waals surface area (Å²) in [6.45, 7) is 0. The van der Waals surface area contributed by atoms with Crippen LogP contribution in [0, 0.1) is 17.5 Å². The van der Waals surface area contributed by atoms with Gasteiger partial charge in [0.15, 0.2) is 16.7 Å². The fourth-order valence-corrected chi connectivity index (χ4v) is 0.855. The summed E-state index contributed by atoms with van der Waals surface area (Å²) < 4.78 is 38.1. The van der Waals surface area contributed by atoms with Crippen LogP contribution in [0.15, 0.2) is 17.2 Å². The van der Waals surface area contributed by atoms with Gasteiger partial charge in [-0.25, -0.2) is 13.2 Å². The third-order valence-electron chi connectivity index (χ3n) is 1.42. The van der Waals surface area contributed by atoms with Crippen molar-refractivity contribution in [2.45, 2.75) is 0 Å². The highest BCUT2D eigenvalue weighted by molar-refractivity contribution is 7.80. The van der Waals surface area contributed by atoms with Gasteiger partial charge in [0.05, 0.1) is 6.21 Å². The van der Waals surface area contributed by atoms with Gasteiger partial charge in [-0.1, -0.05) is 0 Å². The van der Waals surface area contributed by atoms with Crippen LogP contribution < -0.4 is 11.2 Å². The van der Waals surface area contributed by atoms with Gasteiger partial charge < -0.3 is 5.73 Å². The summed E-state index contributed by atoms with van der Waals surface area (Å²) in [4.78, 5) is 0. The van der Waals surface area contributed by atoms with Crippen molar-refractivity contribution < 1.29 is 13.2 Å². The quantitative estimate of drug-likeness (QED) is 0.350. The summed E-state index contributed by atoms with van der Waals surface area (Å²) in [6, 6.07) is 1.10. The summed E-state index contributed by atoms with van der Waals surface area (Å²) in [5.74, 6) is -3.34. The molecule has 0 heterocycles. The third kappa shape index (κ3) is 3.21. The standard InChI is InChI=1S/C8H6F3N3S/c9-5-2-7(11)6(10)1-4(5)3-13-14-8(12)15/h1-3H,(H3,12,14,15)/b13-3+. The van der Waals surface area contributed by atoms with Crippen LogP contribution in [0.3, 0.4) is 0 Å². The molecule has 7 heteroatoms. The van der Waals surface area contributed by atoms with Crippen LogP contribution in [0.1, 0.15) is 5.56 Å². The lowest BCUT2D eigenvalue weighted by Gasteiger charge is -1.98. The van der Waals surface area contributed by atoms with E-state index in [4.69, 9.17) is 5.73 Å². The van der Waals surface area contributed by atoms with Gasteiger partial charge in [0, 0.05) is 11.6 Å². The molecule has 0 amide bonds. The number of halogens is 3. The molecular formula is C8H6F3N3S. The van der Waals surface area contributed by atoms with Crippen LogP contribution in [-0.4, -0.2) is 11.3 Å². The molecule has 0 aliphatic heterocycles. The van der Waals surface area contributed by atoms with E-state index in [1.807, 2.05) is 0 Å². The lowest BCUT2D eigenvalue weighted by molar-refractivity contribution is 0.494. The molecule has 0 spiro atoms. The molecule has 15 heavy (non-hydrogen) atoms. The summed E-state index contributed by atoms with van der Waals surface area (Å²) >= 11 is 4.42. The van der Waals surface area contributed by atoms with Crippen LogP contribution in [0.4, 0.5) is 13.2 Å². The lowest BCUT2D eigenvalue weighted by atomic mass is 10.2. The molecule has 0 saturated heterocycles. The Morgan fingerprint density at radius 3 is 2.47 bits per heavy atom. The SMILES string of the molecule is NC(=S)N/N=C/c1cc(F)c(F)cc1F. The second-order valence-electron chi connectivity index (χ2n) is 2.52. The van der Waals surface area contributed by atoms with Crippen LogP contribution in [0.25, 0.3) is 0 Å². The maximum atomic E-state index is 13.0. The fourth-order valence-electron chi connectivity index (χ4n) is 0.802. The van der Waals surface area contributed by atoms with E-state index >= 15 is 0 Å². The van der Waals surface area contributed by atoms with Gasteiger partial charge >= 0.3 is 0 Å². The van der Waals surface area contributed by atoms with Gasteiger partial charge in [0.25, 0.3) is 0 Å². The molecule has 0 aliphatic rings. The zero-order chi connectivity index (χ0) is 11.4. The Morgan fingerprint density at radius 1 is 1.27 bits per heavy atom. The van der Waals surface area contributed by atoms with Gasteiger partial charge in [0.2, 0.25) is 0 Å². The van der Waals surface area contributed by atoms with E-state index in [9.17, 15) is 13.2 Å². The number of rotatable bonds is 2. The predicted molar refractivity (Wildman–Crippen MR) is 53.8 cm³/mol. The molecule has 0 atom stereocenters. The molecule has 0 saturated carbocycles. The number of hydrogen-bond acceptors (Lipinski definition) is 2. The van der Waals surface area contributed by atoms with Crippen molar-refractivity contribution >= 4 is 23.5 Å². The molecule has 3 N–H and O–H groups in total. The minimum Gasteiger partial charge on any atom is -0.375 e. The van der Waals surface area contributed by atoms with E-state index < -0.39 is 17.5 Å². The Labute approximate surface area is 88.8 Å². The first-order valence-corrected chi connectivity index (χ1v) is 4.14. The van der Waals surface area contributed by atoms with Crippen molar-refractivity contribution in [1.82, 2.24) is 5.43 Å². The number of nitrogens with zero attached hydrogens (tertiary/aromatic N) is 1. The number of thiocarbonyl (C=S) groups is 1. The van der Waals surface area contributed by atoms with Gasteiger partial charge in [-0.05, 0) is 18.3 Å². The Balaban J connectivity index is 2.90. The minimum atomic E-state index is -1.26. The Kier molecular flexibility index (Phi) is 3.62. The molecule has 1 aromatic carbocycles. The first-order valence-electron chi connectivity index (χ1n) is 3.73. The molecule has 0 unspecified atom stereocenters. The van der Waals surface area contributed by atoms with Crippen LogP contribution in [-0.2, 0) is 0 Å². The first-order chi connectivity index (χ1) is 7.00. The average Bonchev–Trinajstić information content (AvgIpc) is 2.13. The normalized spacial score (nSPS) is 10.6. The number of nitrogens with one attached hydrogen (secondary N) is 1. The van der Waals surface area contributed by atoms with E-state index in [0.29, 0.717) is 12.1 Å². The van der Waals surface area contributed by atoms with E-state index in [2.05, 4.69) is 22.7 Å². The van der Waals surface area contributed by atoms with Crippen molar-refractivity contribution in [1.29, 1.82) is 0 Å². The first kappa shape index (κ1) is 11.4. The highest BCUT2D eigenvalue weighted by Crippen LogP contribution is 2.11. The zero-order valence-corrected chi connectivity index (χ0v) is 8.12. The van der Waals surface area contributed by atoms with Crippen LogP contribution in [0.2, 0.25) is 0 Å². The lowest BCUT2D eigenvalue weighted by Crippen LogP contribution is -2.24. The third-order valence-corrected chi connectivity index (χ3v) is 1.51. The Bertz CT molecular complexity index is 420. The Morgan fingerprint density at radius 2 is 1.87 bits per heavy atom. The number of hydrogen-bond donors (Lipinski definition) is 2. The van der Waals surface area contributed by atoms with Crippen molar-refractivity contribution in [2.24, 2.45) is 10.8 Å². The molecule has 0 bridgehead atoms. The number of benzene rings is 1. The fraction of sp³-hybridized carbons (Fsp3) is 0. The maximum absolute atomic E-state index is 13.0. The van der Waals surface area contributed by atoms with E-state index in [1.54, 1.807) is 0 Å². The topological polar surface area (TPSA) is 50.4 Å². The van der Waals surface area contributed by atoms with E-state index in [0.717, 1.165) is 6.21 Å². The van der Waals surface area contributed by atoms with Crippen molar-refractivity contribution in [3.63, 3.8) is 0 Å². The van der Waals surface area contributed by atoms with Gasteiger partial charge in [-0.15, -0.1) is 0 Å². The molecular weight excluding hydrogens is 227 g/mol. The highest BCUT2D eigenvalue weighted by atomic mass is 32.1. The summed E-state index contributed by atoms with van der Waals surface area (Å²) in [7, 11) is 0. The minimum absolute atomic E-state index is 0.116. The number of nitrogens with two attached hydrogens (primary N) is 1. The van der Waals surface area contributed by atoms with Crippen LogP contribution >= 0.6 is 12.2 Å². The molecule has 0 radical (unpaired) electrons. The number of hydrazone groups is 1. The zero-order valence-electron chi connectivity index (χ0n) is 7.30. The summed E-state index contributed by atoms with van der Waals surface area (Å²) in [5, 5.41) is 3.29. The van der Waals surface area contributed by atoms with Crippen LogP contribution in [0.5, 0.6) is 0 Å². The van der Waals surface area contributed by atoms with E-state index in [-0.39, 0.29) is 10.7 Å². The van der Waals surface area contributed by atoms with Gasteiger partial charge in [0.1, 0.15) is 5.82 Å². The highest BCUT2D eigenvalue weighted by Gasteiger charge is 2.07. The molecule has 0 aromatic heterocycles.